The van der Waals surface area contributed by atoms with Gasteiger partial charge in [-0.1, -0.05) is 13.3 Å². The van der Waals surface area contributed by atoms with E-state index in [9.17, 15) is 9.59 Å². The molecule has 1 aliphatic rings. The van der Waals surface area contributed by atoms with Crippen molar-refractivity contribution in [1.29, 1.82) is 0 Å². The Labute approximate surface area is 122 Å². The van der Waals surface area contributed by atoms with Crippen LogP contribution in [0.4, 0.5) is 11.4 Å². The van der Waals surface area contributed by atoms with Crippen LogP contribution in [0.15, 0.2) is 24.3 Å². The van der Waals surface area contributed by atoms with Crippen LogP contribution in [0, 0.1) is 0 Å². The third-order valence-electron chi connectivity index (χ3n) is 3.78. The highest BCUT2D eigenvalue weighted by Crippen LogP contribution is 2.33. The second-order valence-corrected chi connectivity index (χ2v) is 5.35. The molecule has 5 heteroatoms. The number of unbranched alkanes of at least 4 members (excludes halogenated alkanes) is 1. The Balaban J connectivity index is 2.27. The van der Waals surface area contributed by atoms with Crippen LogP contribution in [0.1, 0.15) is 40.5 Å². The Morgan fingerprint density at radius 3 is 1.95 bits per heavy atom. The normalized spacial score (nSPS) is 14.0. The summed E-state index contributed by atoms with van der Waals surface area (Å²) in [6.45, 7) is 2.43. The van der Waals surface area contributed by atoms with E-state index in [0.717, 1.165) is 18.2 Å². The Bertz CT molecular complexity index is 711. The molecule has 0 atom stereocenters. The molecular weight excluding hydrogens is 266 g/mol. The van der Waals surface area contributed by atoms with Gasteiger partial charge in [0.25, 0.3) is 11.8 Å². The maximum atomic E-state index is 12.6. The van der Waals surface area contributed by atoms with Crippen LogP contribution in [0.2, 0.25) is 0 Å². The molecule has 0 fully saturated rings. The van der Waals surface area contributed by atoms with Gasteiger partial charge >= 0.3 is 0 Å². The van der Waals surface area contributed by atoms with Crippen molar-refractivity contribution in [3.05, 3.63) is 35.4 Å². The number of nitrogens with zero attached hydrogens (tertiary/aromatic N) is 1. The van der Waals surface area contributed by atoms with Gasteiger partial charge in [-0.15, -0.1) is 0 Å². The molecule has 0 saturated heterocycles. The molecule has 0 radical (unpaired) electrons. The Morgan fingerprint density at radius 2 is 1.48 bits per heavy atom. The zero-order valence-electron chi connectivity index (χ0n) is 11.8. The molecule has 0 spiro atoms. The number of benzene rings is 2. The molecule has 0 unspecified atom stereocenters. The molecule has 0 aliphatic carbocycles. The van der Waals surface area contributed by atoms with Crippen molar-refractivity contribution in [2.24, 2.45) is 0 Å². The summed E-state index contributed by atoms with van der Waals surface area (Å²) >= 11 is 0. The van der Waals surface area contributed by atoms with Crippen LogP contribution in [0.5, 0.6) is 0 Å². The van der Waals surface area contributed by atoms with Crippen molar-refractivity contribution in [3.8, 4) is 0 Å². The van der Waals surface area contributed by atoms with Gasteiger partial charge in [-0.2, -0.15) is 0 Å². The molecule has 3 rings (SSSR count). The lowest BCUT2D eigenvalue weighted by Gasteiger charge is -2.27. The quantitative estimate of drug-likeness (QED) is 0.668. The number of imide groups is 1. The van der Waals surface area contributed by atoms with Gasteiger partial charge in [-0.05, 0) is 36.1 Å². The maximum absolute atomic E-state index is 12.6. The van der Waals surface area contributed by atoms with Gasteiger partial charge in [-0.25, -0.2) is 0 Å². The van der Waals surface area contributed by atoms with Gasteiger partial charge in [0.15, 0.2) is 0 Å². The van der Waals surface area contributed by atoms with Crippen molar-refractivity contribution in [2.45, 2.75) is 19.8 Å². The zero-order valence-corrected chi connectivity index (χ0v) is 11.8. The Morgan fingerprint density at radius 1 is 0.952 bits per heavy atom. The SMILES string of the molecule is CCCCN1C(=O)c2cc(N)cc3cc(N)cc(c23)C1=O. The molecule has 0 saturated carbocycles. The highest BCUT2D eigenvalue weighted by Gasteiger charge is 2.32. The third kappa shape index (κ3) is 2.01. The number of nitrogen functional groups attached to an aromatic ring is 2. The van der Waals surface area contributed by atoms with Crippen LogP contribution < -0.4 is 11.5 Å². The van der Waals surface area contributed by atoms with Crippen molar-refractivity contribution in [3.63, 3.8) is 0 Å². The van der Waals surface area contributed by atoms with Crippen molar-refractivity contribution < 1.29 is 9.59 Å². The first kappa shape index (κ1) is 13.4. The van der Waals surface area contributed by atoms with Crippen LogP contribution in [0.3, 0.4) is 0 Å². The second kappa shape index (κ2) is 4.77. The summed E-state index contributed by atoms with van der Waals surface area (Å²) in [5.74, 6) is -0.550. The van der Waals surface area contributed by atoms with Crippen molar-refractivity contribution in [2.75, 3.05) is 18.0 Å². The van der Waals surface area contributed by atoms with Gasteiger partial charge in [0, 0.05) is 23.3 Å². The summed E-state index contributed by atoms with van der Waals surface area (Å²) in [5.41, 5.74) is 13.7. The van der Waals surface area contributed by atoms with E-state index in [1.807, 2.05) is 6.92 Å². The molecule has 4 N–H and O–H groups in total. The van der Waals surface area contributed by atoms with Crippen LogP contribution in [0.25, 0.3) is 10.8 Å². The molecule has 0 aromatic heterocycles. The summed E-state index contributed by atoms with van der Waals surface area (Å²) < 4.78 is 0. The maximum Gasteiger partial charge on any atom is 0.261 e. The van der Waals surface area contributed by atoms with Crippen LogP contribution in [-0.4, -0.2) is 23.3 Å². The average Bonchev–Trinajstić information content (AvgIpc) is 2.43. The number of nitrogens with two attached hydrogens (primary N) is 2. The minimum absolute atomic E-state index is 0.275. The summed E-state index contributed by atoms with van der Waals surface area (Å²) in [7, 11) is 0. The van der Waals surface area contributed by atoms with Crippen LogP contribution >= 0.6 is 0 Å². The number of amides is 2. The van der Waals surface area contributed by atoms with E-state index < -0.39 is 0 Å². The summed E-state index contributed by atoms with van der Waals surface area (Å²) in [6, 6.07) is 6.74. The number of anilines is 2. The molecule has 21 heavy (non-hydrogen) atoms. The topological polar surface area (TPSA) is 89.4 Å². The predicted molar refractivity (Wildman–Crippen MR) is 83.0 cm³/mol. The van der Waals surface area contributed by atoms with E-state index in [1.54, 1.807) is 24.3 Å². The molecule has 0 bridgehead atoms. The highest BCUT2D eigenvalue weighted by molar-refractivity contribution is 6.26. The molecule has 108 valence electrons. The molecule has 1 aliphatic heterocycles. The largest absolute Gasteiger partial charge is 0.399 e. The molecule has 5 nitrogen and oxygen atoms in total. The smallest absolute Gasteiger partial charge is 0.261 e. The van der Waals surface area contributed by atoms with E-state index >= 15 is 0 Å². The van der Waals surface area contributed by atoms with Crippen molar-refractivity contribution >= 4 is 34.0 Å². The Hall–Kier alpha value is -2.56. The second-order valence-electron chi connectivity index (χ2n) is 5.35. The molecule has 2 aromatic rings. The van der Waals surface area contributed by atoms with Crippen molar-refractivity contribution in [1.82, 2.24) is 4.90 Å². The fraction of sp³-hybridized carbons (Fsp3) is 0.250. The average molecular weight is 283 g/mol. The van der Waals surface area contributed by atoms with Crippen LogP contribution in [-0.2, 0) is 0 Å². The fourth-order valence-corrected chi connectivity index (χ4v) is 2.80. The van der Waals surface area contributed by atoms with Gasteiger partial charge in [0.1, 0.15) is 0 Å². The first-order valence-corrected chi connectivity index (χ1v) is 7.02. The number of rotatable bonds is 3. The Kier molecular flexibility index (Phi) is 3.05. The summed E-state index contributed by atoms with van der Waals surface area (Å²) in [4.78, 5) is 26.4. The monoisotopic (exact) mass is 283 g/mol. The lowest BCUT2D eigenvalue weighted by atomic mass is 9.92. The molecule has 2 aromatic carbocycles. The fourth-order valence-electron chi connectivity index (χ4n) is 2.80. The molecule has 2 amide bonds. The minimum atomic E-state index is -0.275. The standard InChI is InChI=1S/C16H17N3O2/c1-2-3-4-19-15(20)12-7-10(17)5-9-6-11(18)8-13(14(9)12)16(19)21/h5-8H,2-4,17-18H2,1H3. The third-order valence-corrected chi connectivity index (χ3v) is 3.78. The highest BCUT2D eigenvalue weighted by atomic mass is 16.2. The number of hydrogen-bond donors (Lipinski definition) is 2. The van der Waals surface area contributed by atoms with E-state index in [2.05, 4.69) is 0 Å². The first-order valence-electron chi connectivity index (χ1n) is 7.02. The number of hydrogen-bond acceptors (Lipinski definition) is 4. The number of carbonyl (C=O) groups excluding carboxylic acids is 2. The van der Waals surface area contributed by atoms with E-state index in [4.69, 9.17) is 11.5 Å². The lowest BCUT2D eigenvalue weighted by Crippen LogP contribution is -2.41. The van der Waals surface area contributed by atoms with Gasteiger partial charge in [0.2, 0.25) is 0 Å². The van der Waals surface area contributed by atoms with E-state index in [1.165, 1.54) is 4.90 Å². The summed E-state index contributed by atoms with van der Waals surface area (Å²) in [6.07, 6.45) is 1.69. The summed E-state index contributed by atoms with van der Waals surface area (Å²) in [5, 5.41) is 1.39. The first-order chi connectivity index (χ1) is 10.0. The molecule has 1 heterocycles. The minimum Gasteiger partial charge on any atom is -0.399 e. The van der Waals surface area contributed by atoms with E-state index in [-0.39, 0.29) is 11.8 Å². The van der Waals surface area contributed by atoms with Gasteiger partial charge < -0.3 is 11.5 Å². The van der Waals surface area contributed by atoms with E-state index in [0.29, 0.717) is 34.4 Å². The zero-order chi connectivity index (χ0) is 15.1. The van der Waals surface area contributed by atoms with Gasteiger partial charge in [-0.3, -0.25) is 14.5 Å². The predicted octanol–water partition coefficient (Wildman–Crippen LogP) is 2.40. The lowest BCUT2D eigenvalue weighted by molar-refractivity contribution is 0.0608. The molecular formula is C16H17N3O2. The number of carbonyl (C=O) groups is 2. The van der Waals surface area contributed by atoms with Gasteiger partial charge in [0.05, 0.1) is 11.1 Å².